The van der Waals surface area contributed by atoms with Gasteiger partial charge in [-0.15, -0.1) is 0 Å². The van der Waals surface area contributed by atoms with Gasteiger partial charge < -0.3 is 14.9 Å². The zero-order valence-corrected chi connectivity index (χ0v) is 12.2. The van der Waals surface area contributed by atoms with Crippen LogP contribution in [0, 0.1) is 0 Å². The molecule has 0 aliphatic heterocycles. The average Bonchev–Trinajstić information content (AvgIpc) is 2.20. The second-order valence-electron chi connectivity index (χ2n) is 5.09. The molecule has 0 rings (SSSR count). The second-order valence-corrected chi connectivity index (χ2v) is 6.59. The van der Waals surface area contributed by atoms with Crippen LogP contribution in [-0.2, 0) is 14.9 Å². The molecule has 0 aliphatic rings. The first-order chi connectivity index (χ1) is 8.56. The average molecular weight is 295 g/mol. The lowest BCUT2D eigenvalue weighted by molar-refractivity contribution is -0.893. The van der Waals surface area contributed by atoms with Crippen LogP contribution in [0.3, 0.4) is 0 Å². The normalized spacial score (nSPS) is 13.9. The Kier molecular flexibility index (Phi) is 7.20. The molecule has 0 saturated carbocycles. The maximum absolute atomic E-state index is 10.9. The third-order valence-corrected chi connectivity index (χ3v) is 3.34. The quantitative estimate of drug-likeness (QED) is 0.219. The van der Waals surface area contributed by atoms with E-state index in [4.69, 9.17) is 4.55 Å². The van der Waals surface area contributed by atoms with Gasteiger partial charge in [-0.25, -0.2) is 0 Å². The van der Waals surface area contributed by atoms with Crippen molar-refractivity contribution in [2.24, 2.45) is 0 Å². The van der Waals surface area contributed by atoms with Gasteiger partial charge in [-0.05, 0) is 6.08 Å². The van der Waals surface area contributed by atoms with Crippen LogP contribution < -0.4 is 5.32 Å². The van der Waals surface area contributed by atoms with E-state index in [1.807, 2.05) is 14.1 Å². The fourth-order valence-electron chi connectivity index (χ4n) is 1.75. The predicted octanol–water partition coefficient (Wildman–Crippen LogP) is -0.996. The second kappa shape index (κ2) is 7.59. The topological polar surface area (TPSA) is 104 Å². The SMILES string of the molecule is C=CC(=O)NCCC[N+](C)(C)C[C@H](O)CS(=O)(=O)O. The Balaban J connectivity index is 4.04. The van der Waals surface area contributed by atoms with Crippen molar-refractivity contribution in [3.05, 3.63) is 12.7 Å². The predicted molar refractivity (Wildman–Crippen MR) is 72.1 cm³/mol. The molecule has 0 radical (unpaired) electrons. The van der Waals surface area contributed by atoms with Crippen LogP contribution in [0.4, 0.5) is 0 Å². The lowest BCUT2D eigenvalue weighted by atomic mass is 10.3. The number of aliphatic hydroxyl groups excluding tert-OH is 1. The molecule has 8 heteroatoms. The molecule has 0 bridgehead atoms. The van der Waals surface area contributed by atoms with Crippen molar-refractivity contribution in [3.63, 3.8) is 0 Å². The van der Waals surface area contributed by atoms with E-state index in [0.29, 0.717) is 24.0 Å². The number of aliphatic hydroxyl groups is 1. The van der Waals surface area contributed by atoms with E-state index in [2.05, 4.69) is 11.9 Å². The van der Waals surface area contributed by atoms with Crippen molar-refractivity contribution in [3.8, 4) is 0 Å². The highest BCUT2D eigenvalue weighted by atomic mass is 32.2. The summed E-state index contributed by atoms with van der Waals surface area (Å²) in [4.78, 5) is 10.9. The number of rotatable bonds is 9. The monoisotopic (exact) mass is 295 g/mol. The van der Waals surface area contributed by atoms with Gasteiger partial charge in [0.05, 0.1) is 20.6 Å². The molecule has 19 heavy (non-hydrogen) atoms. The summed E-state index contributed by atoms with van der Waals surface area (Å²) >= 11 is 0. The molecular formula is C11H23N2O5S+. The van der Waals surface area contributed by atoms with Crippen molar-refractivity contribution in [1.82, 2.24) is 5.32 Å². The van der Waals surface area contributed by atoms with E-state index in [1.54, 1.807) is 0 Å². The van der Waals surface area contributed by atoms with E-state index < -0.39 is 22.0 Å². The number of hydrogen-bond acceptors (Lipinski definition) is 4. The Labute approximate surface area is 114 Å². The third-order valence-electron chi connectivity index (χ3n) is 2.53. The zero-order valence-electron chi connectivity index (χ0n) is 11.4. The fraction of sp³-hybridized carbons (Fsp3) is 0.727. The van der Waals surface area contributed by atoms with Crippen LogP contribution in [0.15, 0.2) is 12.7 Å². The van der Waals surface area contributed by atoms with Crippen molar-refractivity contribution < 1.29 is 27.4 Å². The van der Waals surface area contributed by atoms with Gasteiger partial charge in [-0.2, -0.15) is 8.42 Å². The van der Waals surface area contributed by atoms with Gasteiger partial charge in [0.1, 0.15) is 18.4 Å². The number of quaternary nitrogens is 1. The van der Waals surface area contributed by atoms with Crippen molar-refractivity contribution in [1.29, 1.82) is 0 Å². The van der Waals surface area contributed by atoms with Crippen LogP contribution in [0.5, 0.6) is 0 Å². The molecule has 7 nitrogen and oxygen atoms in total. The van der Waals surface area contributed by atoms with E-state index >= 15 is 0 Å². The van der Waals surface area contributed by atoms with Crippen LogP contribution in [0.2, 0.25) is 0 Å². The summed E-state index contributed by atoms with van der Waals surface area (Å²) in [7, 11) is -0.492. The van der Waals surface area contributed by atoms with E-state index in [1.165, 1.54) is 6.08 Å². The largest absolute Gasteiger partial charge is 0.386 e. The Morgan fingerprint density at radius 2 is 2.05 bits per heavy atom. The van der Waals surface area contributed by atoms with Crippen LogP contribution in [0.25, 0.3) is 0 Å². The summed E-state index contributed by atoms with van der Waals surface area (Å²) in [5.41, 5.74) is 0. The number of likely N-dealkylation sites (N-methyl/N-ethyl adjacent to an activating group) is 1. The molecule has 0 aromatic rings. The Morgan fingerprint density at radius 1 is 1.47 bits per heavy atom. The van der Waals surface area contributed by atoms with Gasteiger partial charge in [0, 0.05) is 13.0 Å². The maximum atomic E-state index is 10.9. The van der Waals surface area contributed by atoms with E-state index in [9.17, 15) is 18.3 Å². The fourth-order valence-corrected chi connectivity index (χ4v) is 2.34. The highest BCUT2D eigenvalue weighted by Gasteiger charge is 2.23. The summed E-state index contributed by atoms with van der Waals surface area (Å²) in [6.45, 7) is 4.68. The van der Waals surface area contributed by atoms with Crippen LogP contribution >= 0.6 is 0 Å². The molecular weight excluding hydrogens is 272 g/mol. The Bertz CT molecular complexity index is 405. The summed E-state index contributed by atoms with van der Waals surface area (Å²) in [6.07, 6.45) is 0.758. The Hall–Kier alpha value is -0.960. The molecule has 0 fully saturated rings. The number of amides is 1. The summed E-state index contributed by atoms with van der Waals surface area (Å²) < 4.78 is 30.3. The summed E-state index contributed by atoms with van der Waals surface area (Å²) in [5.74, 6) is -0.904. The summed E-state index contributed by atoms with van der Waals surface area (Å²) in [6, 6.07) is 0. The minimum absolute atomic E-state index is 0.204. The smallest absolute Gasteiger partial charge is 0.267 e. The molecule has 1 atom stereocenters. The standard InChI is InChI=1S/C11H22N2O5S/c1-4-11(15)12-6-5-7-13(2,3)8-10(14)9-19(16,17)18/h4,10,14H,1,5-9H2,2-3H3,(H-,12,15,16,17,18)/p+1/t10-/m0/s1. The number of nitrogens with zero attached hydrogens (tertiary/aromatic N) is 1. The van der Waals surface area contributed by atoms with E-state index in [-0.39, 0.29) is 12.5 Å². The minimum atomic E-state index is -4.16. The van der Waals surface area contributed by atoms with Gasteiger partial charge >= 0.3 is 0 Å². The molecule has 112 valence electrons. The molecule has 0 aromatic carbocycles. The van der Waals surface area contributed by atoms with Crippen LogP contribution in [-0.4, -0.2) is 74.1 Å². The van der Waals surface area contributed by atoms with Crippen molar-refractivity contribution in [2.45, 2.75) is 12.5 Å². The highest BCUT2D eigenvalue weighted by molar-refractivity contribution is 7.85. The highest BCUT2D eigenvalue weighted by Crippen LogP contribution is 2.03. The minimum Gasteiger partial charge on any atom is -0.386 e. The van der Waals surface area contributed by atoms with Crippen molar-refractivity contribution >= 4 is 16.0 Å². The van der Waals surface area contributed by atoms with Crippen molar-refractivity contribution in [2.75, 3.05) is 39.5 Å². The van der Waals surface area contributed by atoms with E-state index in [0.717, 1.165) is 0 Å². The maximum Gasteiger partial charge on any atom is 0.267 e. The molecule has 3 N–H and O–H groups in total. The number of nitrogens with one attached hydrogen (secondary N) is 1. The molecule has 0 aromatic heterocycles. The van der Waals surface area contributed by atoms with Crippen LogP contribution in [0.1, 0.15) is 6.42 Å². The summed E-state index contributed by atoms with van der Waals surface area (Å²) in [5, 5.41) is 12.2. The molecule has 0 unspecified atom stereocenters. The van der Waals surface area contributed by atoms with Gasteiger partial charge in [-0.3, -0.25) is 9.35 Å². The third kappa shape index (κ3) is 10.6. The lowest BCUT2D eigenvalue weighted by Gasteiger charge is -2.31. The molecule has 0 spiro atoms. The molecule has 1 amide bonds. The number of carbonyl (C=O) groups excluding carboxylic acids is 1. The van der Waals surface area contributed by atoms with Gasteiger partial charge in [-0.1, -0.05) is 6.58 Å². The van der Waals surface area contributed by atoms with Gasteiger partial charge in [0.25, 0.3) is 10.1 Å². The molecule has 0 aliphatic carbocycles. The number of carbonyl (C=O) groups is 1. The first kappa shape index (κ1) is 18.0. The van der Waals surface area contributed by atoms with Gasteiger partial charge in [0.2, 0.25) is 5.91 Å². The van der Waals surface area contributed by atoms with Gasteiger partial charge in [0.15, 0.2) is 0 Å². The lowest BCUT2D eigenvalue weighted by Crippen LogP contribution is -2.48. The zero-order chi connectivity index (χ0) is 15.1. The molecule has 0 saturated heterocycles. The first-order valence-corrected chi connectivity index (χ1v) is 7.52. The number of hydrogen-bond donors (Lipinski definition) is 3. The molecule has 0 heterocycles. The Morgan fingerprint density at radius 3 is 2.53 bits per heavy atom. The first-order valence-electron chi connectivity index (χ1n) is 5.91.